The highest BCUT2D eigenvalue weighted by molar-refractivity contribution is 6.30. The van der Waals surface area contributed by atoms with Crippen molar-refractivity contribution in [2.24, 2.45) is 5.92 Å². The van der Waals surface area contributed by atoms with Crippen LogP contribution in [0.5, 0.6) is 0 Å². The Morgan fingerprint density at radius 2 is 1.71 bits per heavy atom. The number of nitrogens with zero attached hydrogens (tertiary/aromatic N) is 1. The molecule has 1 saturated heterocycles. The molecule has 0 spiro atoms. The summed E-state index contributed by atoms with van der Waals surface area (Å²) in [7, 11) is 0. The molecular weight excluding hydrogens is 456 g/mol. The van der Waals surface area contributed by atoms with E-state index in [0.717, 1.165) is 28.8 Å². The zero-order valence-electron chi connectivity index (χ0n) is 20.8. The number of benzene rings is 3. The summed E-state index contributed by atoms with van der Waals surface area (Å²) < 4.78 is 0. The van der Waals surface area contributed by atoms with Gasteiger partial charge < -0.3 is 10.2 Å². The van der Waals surface area contributed by atoms with E-state index in [0.29, 0.717) is 23.6 Å². The normalized spacial score (nSPS) is 18.3. The minimum absolute atomic E-state index is 0.0161. The Bertz CT molecular complexity index is 1220. The van der Waals surface area contributed by atoms with E-state index >= 15 is 0 Å². The average molecular weight is 489 g/mol. The number of hydrogen-bond acceptors (Lipinski definition) is 2. The fraction of sp³-hybridized carbons (Fsp3) is 0.333. The Kier molecular flexibility index (Phi) is 7.32. The largest absolute Gasteiger partial charge is 0.331 e. The predicted molar refractivity (Wildman–Crippen MR) is 143 cm³/mol. The lowest BCUT2D eigenvalue weighted by atomic mass is 9.83. The van der Waals surface area contributed by atoms with Crippen LogP contribution in [-0.2, 0) is 10.2 Å². The highest BCUT2D eigenvalue weighted by Gasteiger charge is 2.40. The van der Waals surface area contributed by atoms with Crippen molar-refractivity contribution in [3.63, 3.8) is 0 Å². The van der Waals surface area contributed by atoms with E-state index in [9.17, 15) is 9.59 Å². The molecule has 1 aliphatic heterocycles. The quantitative estimate of drug-likeness (QED) is 0.423. The second-order valence-corrected chi connectivity index (χ2v) is 10.8. The standard InChI is InChI=1S/C30H33ClN2O2/c1-20-18-23(31)15-16-25(20)29(35)33-17-9-14-26(27(33)21-10-6-5-7-11-21)28(34)32-24-13-8-12-22(19-24)30(2,3)4/h5-8,10-13,15-16,18-19,26-27H,9,14,17H2,1-4H3,(H,32,34)/t26?,27-/m0/s1. The van der Waals surface area contributed by atoms with Crippen molar-refractivity contribution in [2.45, 2.75) is 52.0 Å². The third kappa shape index (κ3) is 5.59. The van der Waals surface area contributed by atoms with Crippen LogP contribution in [0.15, 0.2) is 72.8 Å². The number of hydrogen-bond donors (Lipinski definition) is 1. The number of halogens is 1. The molecule has 2 amide bonds. The van der Waals surface area contributed by atoms with Crippen molar-refractivity contribution in [1.29, 1.82) is 0 Å². The molecule has 1 aliphatic rings. The van der Waals surface area contributed by atoms with Gasteiger partial charge in [0.15, 0.2) is 0 Å². The molecule has 4 nitrogen and oxygen atoms in total. The third-order valence-corrected chi connectivity index (χ3v) is 7.02. The van der Waals surface area contributed by atoms with Gasteiger partial charge >= 0.3 is 0 Å². The summed E-state index contributed by atoms with van der Waals surface area (Å²) in [6.45, 7) is 8.96. The van der Waals surface area contributed by atoms with Gasteiger partial charge in [0.05, 0.1) is 12.0 Å². The number of carbonyl (C=O) groups is 2. The van der Waals surface area contributed by atoms with Gasteiger partial charge in [-0.3, -0.25) is 9.59 Å². The molecule has 0 bridgehead atoms. The summed E-state index contributed by atoms with van der Waals surface area (Å²) in [5.74, 6) is -0.489. The maximum atomic E-state index is 13.7. The summed E-state index contributed by atoms with van der Waals surface area (Å²) in [5, 5.41) is 3.75. The molecule has 0 aliphatic carbocycles. The molecule has 182 valence electrons. The lowest BCUT2D eigenvalue weighted by molar-refractivity contribution is -0.123. The first-order valence-corrected chi connectivity index (χ1v) is 12.6. The second-order valence-electron chi connectivity index (χ2n) is 10.4. The van der Waals surface area contributed by atoms with Crippen LogP contribution in [0, 0.1) is 12.8 Å². The molecule has 1 N–H and O–H groups in total. The maximum absolute atomic E-state index is 13.7. The smallest absolute Gasteiger partial charge is 0.254 e. The van der Waals surface area contributed by atoms with Gasteiger partial charge in [-0.1, -0.05) is 74.8 Å². The Morgan fingerprint density at radius 1 is 0.971 bits per heavy atom. The molecule has 4 rings (SSSR count). The van der Waals surface area contributed by atoms with Crippen LogP contribution < -0.4 is 5.32 Å². The van der Waals surface area contributed by atoms with Crippen LogP contribution in [0.2, 0.25) is 5.02 Å². The monoisotopic (exact) mass is 488 g/mol. The summed E-state index contributed by atoms with van der Waals surface area (Å²) >= 11 is 6.14. The van der Waals surface area contributed by atoms with E-state index in [1.165, 1.54) is 0 Å². The molecule has 1 unspecified atom stereocenters. The molecule has 2 atom stereocenters. The predicted octanol–water partition coefficient (Wildman–Crippen LogP) is 7.18. The molecule has 3 aromatic rings. The average Bonchev–Trinajstić information content (AvgIpc) is 2.83. The van der Waals surface area contributed by atoms with E-state index in [4.69, 9.17) is 11.6 Å². The molecule has 0 saturated carbocycles. The number of piperidine rings is 1. The first-order valence-electron chi connectivity index (χ1n) is 12.2. The van der Waals surface area contributed by atoms with E-state index < -0.39 is 0 Å². The van der Waals surface area contributed by atoms with Gasteiger partial charge in [-0.15, -0.1) is 0 Å². The van der Waals surface area contributed by atoms with Crippen molar-refractivity contribution < 1.29 is 9.59 Å². The molecule has 3 aromatic carbocycles. The van der Waals surface area contributed by atoms with Gasteiger partial charge in [-0.25, -0.2) is 0 Å². The number of amides is 2. The minimum Gasteiger partial charge on any atom is -0.331 e. The third-order valence-electron chi connectivity index (χ3n) is 6.78. The van der Waals surface area contributed by atoms with Crippen LogP contribution >= 0.6 is 11.6 Å². The number of carbonyl (C=O) groups excluding carboxylic acids is 2. The Hall–Kier alpha value is -3.11. The molecule has 35 heavy (non-hydrogen) atoms. The SMILES string of the molecule is Cc1cc(Cl)ccc1C(=O)N1CCCC(C(=O)Nc2cccc(C(C)(C)C)c2)[C@@H]1c1ccccc1. The van der Waals surface area contributed by atoms with Gasteiger partial charge in [0, 0.05) is 22.8 Å². The van der Waals surface area contributed by atoms with Crippen LogP contribution in [0.4, 0.5) is 5.69 Å². The van der Waals surface area contributed by atoms with Gasteiger partial charge in [0.25, 0.3) is 5.91 Å². The summed E-state index contributed by atoms with van der Waals surface area (Å²) in [4.78, 5) is 29.3. The second kappa shape index (κ2) is 10.2. The van der Waals surface area contributed by atoms with Crippen molar-refractivity contribution in [3.8, 4) is 0 Å². The van der Waals surface area contributed by atoms with Crippen LogP contribution in [0.25, 0.3) is 0 Å². The molecule has 5 heteroatoms. The fourth-order valence-electron chi connectivity index (χ4n) is 4.88. The highest BCUT2D eigenvalue weighted by Crippen LogP contribution is 2.38. The van der Waals surface area contributed by atoms with Crippen LogP contribution in [-0.4, -0.2) is 23.3 Å². The van der Waals surface area contributed by atoms with Crippen molar-refractivity contribution in [1.82, 2.24) is 4.90 Å². The topological polar surface area (TPSA) is 49.4 Å². The molecule has 1 heterocycles. The van der Waals surface area contributed by atoms with E-state index in [-0.39, 0.29) is 29.2 Å². The van der Waals surface area contributed by atoms with Gasteiger partial charge in [-0.2, -0.15) is 0 Å². The highest BCUT2D eigenvalue weighted by atomic mass is 35.5. The number of aryl methyl sites for hydroxylation is 1. The van der Waals surface area contributed by atoms with Crippen molar-refractivity contribution in [3.05, 3.63) is 100 Å². The Balaban J connectivity index is 1.67. The Labute approximate surface area is 213 Å². The minimum atomic E-state index is -0.360. The molecule has 0 radical (unpaired) electrons. The number of rotatable bonds is 4. The molecular formula is C30H33ClN2O2. The Morgan fingerprint density at radius 3 is 2.40 bits per heavy atom. The summed E-state index contributed by atoms with van der Waals surface area (Å²) in [5.41, 5.74) is 4.35. The van der Waals surface area contributed by atoms with E-state index in [1.54, 1.807) is 12.1 Å². The number of nitrogens with one attached hydrogen (secondary N) is 1. The van der Waals surface area contributed by atoms with Gasteiger partial charge in [0.1, 0.15) is 0 Å². The molecule has 1 fully saturated rings. The van der Waals surface area contributed by atoms with E-state index in [1.807, 2.05) is 66.4 Å². The summed E-state index contributed by atoms with van der Waals surface area (Å²) in [6, 6.07) is 22.9. The van der Waals surface area contributed by atoms with Crippen LogP contribution in [0.1, 0.15) is 66.7 Å². The van der Waals surface area contributed by atoms with Gasteiger partial charge in [-0.05, 0) is 72.2 Å². The lowest BCUT2D eigenvalue weighted by Gasteiger charge is -2.41. The molecule has 0 aromatic heterocycles. The van der Waals surface area contributed by atoms with Crippen LogP contribution in [0.3, 0.4) is 0 Å². The maximum Gasteiger partial charge on any atom is 0.254 e. The lowest BCUT2D eigenvalue weighted by Crippen LogP contribution is -2.46. The number of likely N-dealkylation sites (tertiary alicyclic amines) is 1. The zero-order valence-corrected chi connectivity index (χ0v) is 21.6. The first kappa shape index (κ1) is 25.0. The van der Waals surface area contributed by atoms with E-state index in [2.05, 4.69) is 32.2 Å². The van der Waals surface area contributed by atoms with Crippen molar-refractivity contribution >= 4 is 29.1 Å². The van der Waals surface area contributed by atoms with Crippen molar-refractivity contribution in [2.75, 3.05) is 11.9 Å². The summed E-state index contributed by atoms with van der Waals surface area (Å²) in [6.07, 6.45) is 1.48. The first-order chi connectivity index (χ1) is 16.6. The van der Waals surface area contributed by atoms with Gasteiger partial charge in [0.2, 0.25) is 5.91 Å². The number of anilines is 1. The fourth-order valence-corrected chi connectivity index (χ4v) is 5.11. The zero-order chi connectivity index (χ0) is 25.2.